The highest BCUT2D eigenvalue weighted by Gasteiger charge is 2.02. The summed E-state index contributed by atoms with van der Waals surface area (Å²) in [6, 6.07) is 5.89. The molecular formula is C12H19NO2. The van der Waals surface area contributed by atoms with Crippen molar-refractivity contribution in [3.8, 4) is 5.75 Å². The molecule has 0 bridgehead atoms. The minimum absolute atomic E-state index is 0.0102. The molecule has 3 heteroatoms. The van der Waals surface area contributed by atoms with Gasteiger partial charge in [0.1, 0.15) is 5.75 Å². The average molecular weight is 209 g/mol. The zero-order valence-electron chi connectivity index (χ0n) is 9.36. The van der Waals surface area contributed by atoms with Crippen LogP contribution < -0.4 is 10.5 Å². The fourth-order valence-electron chi connectivity index (χ4n) is 1.37. The Kier molecular flexibility index (Phi) is 4.59. The van der Waals surface area contributed by atoms with Crippen LogP contribution in [0.3, 0.4) is 0 Å². The van der Waals surface area contributed by atoms with Crippen LogP contribution in [0.2, 0.25) is 0 Å². The molecule has 1 unspecified atom stereocenters. The molecule has 0 aliphatic carbocycles. The second kappa shape index (κ2) is 5.73. The standard InChI is InChI=1S/C12H19NO2/c1-9-3-4-12(10(2)7-9)15-6-5-11(13)8-14/h3-4,7,11,14H,5-6,8,13H2,1-2H3. The lowest BCUT2D eigenvalue weighted by molar-refractivity contribution is 0.230. The minimum atomic E-state index is -0.184. The molecule has 84 valence electrons. The lowest BCUT2D eigenvalue weighted by Gasteiger charge is -2.11. The van der Waals surface area contributed by atoms with Crippen molar-refractivity contribution >= 4 is 0 Å². The quantitative estimate of drug-likeness (QED) is 0.770. The number of aliphatic hydroxyl groups excluding tert-OH is 1. The van der Waals surface area contributed by atoms with Crippen molar-refractivity contribution in [2.24, 2.45) is 5.73 Å². The maximum absolute atomic E-state index is 8.74. The van der Waals surface area contributed by atoms with Gasteiger partial charge in [0.2, 0.25) is 0 Å². The number of hydrogen-bond donors (Lipinski definition) is 2. The number of hydrogen-bond acceptors (Lipinski definition) is 3. The Bertz CT molecular complexity index is 312. The zero-order valence-corrected chi connectivity index (χ0v) is 9.36. The molecule has 0 heterocycles. The van der Waals surface area contributed by atoms with Crippen molar-refractivity contribution in [1.29, 1.82) is 0 Å². The fraction of sp³-hybridized carbons (Fsp3) is 0.500. The van der Waals surface area contributed by atoms with E-state index in [1.54, 1.807) is 0 Å². The van der Waals surface area contributed by atoms with Crippen molar-refractivity contribution in [3.05, 3.63) is 29.3 Å². The lowest BCUT2D eigenvalue weighted by atomic mass is 10.1. The van der Waals surface area contributed by atoms with E-state index in [0.29, 0.717) is 13.0 Å². The first-order valence-electron chi connectivity index (χ1n) is 5.20. The second-order valence-corrected chi connectivity index (χ2v) is 3.85. The molecule has 1 atom stereocenters. The van der Waals surface area contributed by atoms with Gasteiger partial charge in [-0.3, -0.25) is 0 Å². The number of aryl methyl sites for hydroxylation is 2. The van der Waals surface area contributed by atoms with E-state index in [-0.39, 0.29) is 12.6 Å². The van der Waals surface area contributed by atoms with Gasteiger partial charge < -0.3 is 15.6 Å². The van der Waals surface area contributed by atoms with E-state index in [1.807, 2.05) is 19.1 Å². The molecule has 0 saturated carbocycles. The van der Waals surface area contributed by atoms with Crippen LogP contribution in [0.4, 0.5) is 0 Å². The third-order valence-corrected chi connectivity index (χ3v) is 2.31. The summed E-state index contributed by atoms with van der Waals surface area (Å²) in [6.45, 7) is 4.63. The molecular weight excluding hydrogens is 190 g/mol. The maximum atomic E-state index is 8.74. The highest BCUT2D eigenvalue weighted by atomic mass is 16.5. The van der Waals surface area contributed by atoms with Crippen LogP contribution in [0.5, 0.6) is 5.75 Å². The Morgan fingerprint density at radius 2 is 2.13 bits per heavy atom. The molecule has 0 spiro atoms. The van der Waals surface area contributed by atoms with E-state index < -0.39 is 0 Å². The predicted octanol–water partition coefficient (Wildman–Crippen LogP) is 1.39. The van der Waals surface area contributed by atoms with Gasteiger partial charge in [-0.15, -0.1) is 0 Å². The summed E-state index contributed by atoms with van der Waals surface area (Å²) >= 11 is 0. The van der Waals surface area contributed by atoms with Gasteiger partial charge >= 0.3 is 0 Å². The maximum Gasteiger partial charge on any atom is 0.122 e. The topological polar surface area (TPSA) is 55.5 Å². The first kappa shape index (κ1) is 12.0. The number of aliphatic hydroxyl groups is 1. The van der Waals surface area contributed by atoms with Crippen LogP contribution >= 0.6 is 0 Å². The van der Waals surface area contributed by atoms with Crippen LogP contribution in [0, 0.1) is 13.8 Å². The molecule has 0 saturated heterocycles. The molecule has 0 fully saturated rings. The summed E-state index contributed by atoms with van der Waals surface area (Å²) in [4.78, 5) is 0. The van der Waals surface area contributed by atoms with E-state index in [2.05, 4.69) is 13.0 Å². The third kappa shape index (κ3) is 3.90. The van der Waals surface area contributed by atoms with Crippen molar-refractivity contribution in [2.45, 2.75) is 26.3 Å². The Labute approximate surface area is 90.9 Å². The second-order valence-electron chi connectivity index (χ2n) is 3.85. The first-order valence-corrected chi connectivity index (χ1v) is 5.20. The van der Waals surface area contributed by atoms with E-state index in [4.69, 9.17) is 15.6 Å². The zero-order chi connectivity index (χ0) is 11.3. The molecule has 0 aliphatic heterocycles. The SMILES string of the molecule is Cc1ccc(OCCC(N)CO)c(C)c1. The fourth-order valence-corrected chi connectivity index (χ4v) is 1.37. The van der Waals surface area contributed by atoms with Crippen LogP contribution in [0.25, 0.3) is 0 Å². The molecule has 1 aromatic rings. The first-order chi connectivity index (χ1) is 7.13. The molecule has 3 N–H and O–H groups in total. The van der Waals surface area contributed by atoms with Gasteiger partial charge in [0.25, 0.3) is 0 Å². The van der Waals surface area contributed by atoms with Gasteiger partial charge in [-0.05, 0) is 31.9 Å². The molecule has 3 nitrogen and oxygen atoms in total. The van der Waals surface area contributed by atoms with Gasteiger partial charge in [-0.2, -0.15) is 0 Å². The van der Waals surface area contributed by atoms with Crippen molar-refractivity contribution < 1.29 is 9.84 Å². The molecule has 0 aromatic heterocycles. The number of rotatable bonds is 5. The average Bonchev–Trinajstić information content (AvgIpc) is 2.21. The van der Waals surface area contributed by atoms with Gasteiger partial charge in [0.05, 0.1) is 13.2 Å². The highest BCUT2D eigenvalue weighted by Crippen LogP contribution is 2.18. The number of benzene rings is 1. The molecule has 15 heavy (non-hydrogen) atoms. The van der Waals surface area contributed by atoms with Gasteiger partial charge in [-0.1, -0.05) is 17.7 Å². The summed E-state index contributed by atoms with van der Waals surface area (Å²) in [7, 11) is 0. The van der Waals surface area contributed by atoms with Gasteiger partial charge in [0.15, 0.2) is 0 Å². The third-order valence-electron chi connectivity index (χ3n) is 2.31. The van der Waals surface area contributed by atoms with Crippen molar-refractivity contribution in [3.63, 3.8) is 0 Å². The van der Waals surface area contributed by atoms with Crippen molar-refractivity contribution in [1.82, 2.24) is 0 Å². The summed E-state index contributed by atoms with van der Waals surface area (Å²) in [5.41, 5.74) is 7.93. The Morgan fingerprint density at radius 3 is 2.73 bits per heavy atom. The Hall–Kier alpha value is -1.06. The normalized spacial score (nSPS) is 12.5. The molecule has 1 rings (SSSR count). The summed E-state index contributed by atoms with van der Waals surface area (Å²) < 4.78 is 5.57. The van der Waals surface area contributed by atoms with E-state index >= 15 is 0 Å². The minimum Gasteiger partial charge on any atom is -0.493 e. The largest absolute Gasteiger partial charge is 0.493 e. The molecule has 0 radical (unpaired) electrons. The van der Waals surface area contributed by atoms with E-state index in [9.17, 15) is 0 Å². The number of ether oxygens (including phenoxy) is 1. The van der Waals surface area contributed by atoms with E-state index in [1.165, 1.54) is 5.56 Å². The van der Waals surface area contributed by atoms with Crippen LogP contribution in [-0.2, 0) is 0 Å². The summed E-state index contributed by atoms with van der Waals surface area (Å²) in [5.74, 6) is 0.894. The predicted molar refractivity (Wildman–Crippen MR) is 61.1 cm³/mol. The highest BCUT2D eigenvalue weighted by molar-refractivity contribution is 5.35. The number of nitrogens with two attached hydrogens (primary N) is 1. The Morgan fingerprint density at radius 1 is 1.40 bits per heavy atom. The molecule has 0 amide bonds. The Balaban J connectivity index is 2.44. The smallest absolute Gasteiger partial charge is 0.122 e. The summed E-state index contributed by atoms with van der Waals surface area (Å²) in [5, 5.41) is 8.74. The summed E-state index contributed by atoms with van der Waals surface area (Å²) in [6.07, 6.45) is 0.670. The van der Waals surface area contributed by atoms with Crippen LogP contribution in [-0.4, -0.2) is 24.4 Å². The van der Waals surface area contributed by atoms with Crippen molar-refractivity contribution in [2.75, 3.05) is 13.2 Å². The van der Waals surface area contributed by atoms with Crippen LogP contribution in [0.15, 0.2) is 18.2 Å². The monoisotopic (exact) mass is 209 g/mol. The molecule has 0 aliphatic rings. The van der Waals surface area contributed by atoms with Crippen LogP contribution in [0.1, 0.15) is 17.5 Å². The van der Waals surface area contributed by atoms with Gasteiger partial charge in [0, 0.05) is 6.04 Å². The van der Waals surface area contributed by atoms with E-state index in [0.717, 1.165) is 11.3 Å². The lowest BCUT2D eigenvalue weighted by Crippen LogP contribution is -2.26. The van der Waals surface area contributed by atoms with Gasteiger partial charge in [-0.25, -0.2) is 0 Å². The molecule has 1 aromatic carbocycles.